The molecule has 1 aliphatic carbocycles. The van der Waals surface area contributed by atoms with Crippen molar-refractivity contribution >= 4 is 0 Å². The molecule has 1 nitrogen and oxygen atoms in total. The molecule has 0 spiro atoms. The van der Waals surface area contributed by atoms with E-state index in [0.29, 0.717) is 0 Å². The zero-order chi connectivity index (χ0) is 11.4. The van der Waals surface area contributed by atoms with Crippen LogP contribution >= 0.6 is 0 Å². The van der Waals surface area contributed by atoms with Crippen molar-refractivity contribution in [1.82, 2.24) is 0 Å². The Morgan fingerprint density at radius 2 is 2.06 bits per heavy atom. The predicted octanol–water partition coefficient (Wildman–Crippen LogP) is 3.53. The van der Waals surface area contributed by atoms with Gasteiger partial charge in [-0.05, 0) is 30.7 Å². The van der Waals surface area contributed by atoms with E-state index in [9.17, 15) is 0 Å². The van der Waals surface area contributed by atoms with Crippen LogP contribution in [-0.4, -0.2) is 5.54 Å². The van der Waals surface area contributed by atoms with E-state index in [1.54, 1.807) is 0 Å². The van der Waals surface area contributed by atoms with Crippen LogP contribution in [0, 0.1) is 5.92 Å². The average Bonchev–Trinajstić information content (AvgIpc) is 2.29. The lowest BCUT2D eigenvalue weighted by molar-refractivity contribution is 0.218. The molecule has 2 unspecified atom stereocenters. The van der Waals surface area contributed by atoms with Gasteiger partial charge in [0.15, 0.2) is 0 Å². The van der Waals surface area contributed by atoms with Crippen molar-refractivity contribution in [3.05, 3.63) is 35.9 Å². The van der Waals surface area contributed by atoms with Crippen LogP contribution in [0.4, 0.5) is 0 Å². The van der Waals surface area contributed by atoms with E-state index in [1.807, 2.05) is 0 Å². The minimum atomic E-state index is 0.0558. The Hall–Kier alpha value is -0.820. The van der Waals surface area contributed by atoms with Gasteiger partial charge in [-0.25, -0.2) is 0 Å². The SMILES string of the molecule is CCC1CCCC(N)(Cc2ccccc2)C1. The minimum absolute atomic E-state index is 0.0558. The molecule has 1 fully saturated rings. The molecular formula is C15H23N. The molecule has 16 heavy (non-hydrogen) atoms. The Labute approximate surface area is 99.0 Å². The highest BCUT2D eigenvalue weighted by molar-refractivity contribution is 5.18. The van der Waals surface area contributed by atoms with Crippen LogP contribution < -0.4 is 5.73 Å². The lowest BCUT2D eigenvalue weighted by Gasteiger charge is -2.38. The highest BCUT2D eigenvalue weighted by atomic mass is 14.7. The molecule has 2 N–H and O–H groups in total. The second kappa shape index (κ2) is 5.01. The van der Waals surface area contributed by atoms with Gasteiger partial charge >= 0.3 is 0 Å². The van der Waals surface area contributed by atoms with Gasteiger partial charge in [0, 0.05) is 5.54 Å². The molecule has 2 atom stereocenters. The molecule has 1 heteroatoms. The van der Waals surface area contributed by atoms with Crippen molar-refractivity contribution in [3.63, 3.8) is 0 Å². The van der Waals surface area contributed by atoms with Crippen LogP contribution in [0.5, 0.6) is 0 Å². The fourth-order valence-corrected chi connectivity index (χ4v) is 3.03. The molecular weight excluding hydrogens is 194 g/mol. The predicted molar refractivity (Wildman–Crippen MR) is 69.3 cm³/mol. The van der Waals surface area contributed by atoms with Gasteiger partial charge in [0.05, 0.1) is 0 Å². The van der Waals surface area contributed by atoms with E-state index in [2.05, 4.69) is 37.3 Å². The van der Waals surface area contributed by atoms with Crippen LogP contribution in [0.2, 0.25) is 0 Å². The fraction of sp³-hybridized carbons (Fsp3) is 0.600. The molecule has 1 aromatic carbocycles. The first-order valence-electron chi connectivity index (χ1n) is 6.55. The van der Waals surface area contributed by atoms with Crippen LogP contribution in [0.15, 0.2) is 30.3 Å². The first-order valence-corrected chi connectivity index (χ1v) is 6.55. The molecule has 0 saturated heterocycles. The van der Waals surface area contributed by atoms with Gasteiger partial charge in [0.2, 0.25) is 0 Å². The van der Waals surface area contributed by atoms with E-state index >= 15 is 0 Å². The quantitative estimate of drug-likeness (QED) is 0.823. The number of nitrogens with two attached hydrogens (primary N) is 1. The summed E-state index contributed by atoms with van der Waals surface area (Å²) in [6, 6.07) is 10.7. The van der Waals surface area contributed by atoms with E-state index in [4.69, 9.17) is 5.73 Å². The Balaban J connectivity index is 2.02. The van der Waals surface area contributed by atoms with Crippen molar-refractivity contribution in [2.45, 2.75) is 51.0 Å². The van der Waals surface area contributed by atoms with Gasteiger partial charge in [-0.15, -0.1) is 0 Å². The van der Waals surface area contributed by atoms with Gasteiger partial charge in [0.1, 0.15) is 0 Å². The molecule has 0 heterocycles. The lowest BCUT2D eigenvalue weighted by atomic mass is 9.72. The van der Waals surface area contributed by atoms with Crippen molar-refractivity contribution in [2.24, 2.45) is 11.7 Å². The molecule has 0 aliphatic heterocycles. The lowest BCUT2D eigenvalue weighted by Crippen LogP contribution is -2.46. The van der Waals surface area contributed by atoms with Gasteiger partial charge in [-0.1, -0.05) is 56.5 Å². The molecule has 0 aromatic heterocycles. The Morgan fingerprint density at radius 3 is 2.75 bits per heavy atom. The largest absolute Gasteiger partial charge is 0.325 e. The molecule has 1 aliphatic rings. The summed E-state index contributed by atoms with van der Waals surface area (Å²) < 4.78 is 0. The molecule has 1 aromatic rings. The summed E-state index contributed by atoms with van der Waals surface area (Å²) in [4.78, 5) is 0. The molecule has 88 valence electrons. The van der Waals surface area contributed by atoms with Gasteiger partial charge in [-0.3, -0.25) is 0 Å². The fourth-order valence-electron chi connectivity index (χ4n) is 3.03. The Kier molecular flexibility index (Phi) is 3.65. The molecule has 0 radical (unpaired) electrons. The second-order valence-corrected chi connectivity index (χ2v) is 5.40. The third-order valence-electron chi connectivity index (χ3n) is 3.96. The topological polar surface area (TPSA) is 26.0 Å². The highest BCUT2D eigenvalue weighted by Gasteiger charge is 2.31. The molecule has 0 amide bonds. The maximum atomic E-state index is 6.56. The van der Waals surface area contributed by atoms with Gasteiger partial charge in [-0.2, -0.15) is 0 Å². The van der Waals surface area contributed by atoms with E-state index in [1.165, 1.54) is 37.7 Å². The average molecular weight is 217 g/mol. The maximum Gasteiger partial charge on any atom is 0.0197 e. The second-order valence-electron chi connectivity index (χ2n) is 5.40. The summed E-state index contributed by atoms with van der Waals surface area (Å²) >= 11 is 0. The summed E-state index contributed by atoms with van der Waals surface area (Å²) in [6.45, 7) is 2.29. The monoisotopic (exact) mass is 217 g/mol. The third-order valence-corrected chi connectivity index (χ3v) is 3.96. The van der Waals surface area contributed by atoms with Gasteiger partial charge < -0.3 is 5.73 Å². The van der Waals surface area contributed by atoms with Crippen molar-refractivity contribution in [2.75, 3.05) is 0 Å². The molecule has 1 saturated carbocycles. The smallest absolute Gasteiger partial charge is 0.0197 e. The van der Waals surface area contributed by atoms with Crippen molar-refractivity contribution in [1.29, 1.82) is 0 Å². The van der Waals surface area contributed by atoms with Crippen LogP contribution in [-0.2, 0) is 6.42 Å². The third kappa shape index (κ3) is 2.85. The van der Waals surface area contributed by atoms with E-state index in [-0.39, 0.29) is 5.54 Å². The minimum Gasteiger partial charge on any atom is -0.325 e. The van der Waals surface area contributed by atoms with Crippen LogP contribution in [0.3, 0.4) is 0 Å². The van der Waals surface area contributed by atoms with Crippen molar-refractivity contribution in [3.8, 4) is 0 Å². The maximum absolute atomic E-state index is 6.56. The highest BCUT2D eigenvalue weighted by Crippen LogP contribution is 2.34. The zero-order valence-electron chi connectivity index (χ0n) is 10.3. The summed E-state index contributed by atoms with van der Waals surface area (Å²) in [5.41, 5.74) is 8.00. The summed E-state index contributed by atoms with van der Waals surface area (Å²) in [6.07, 6.45) is 7.42. The number of hydrogen-bond acceptors (Lipinski definition) is 1. The first kappa shape index (κ1) is 11.7. The Bertz CT molecular complexity index is 319. The Morgan fingerprint density at radius 1 is 1.31 bits per heavy atom. The van der Waals surface area contributed by atoms with E-state index in [0.717, 1.165) is 12.3 Å². The van der Waals surface area contributed by atoms with E-state index < -0.39 is 0 Å². The molecule has 2 rings (SSSR count). The normalized spacial score (nSPS) is 30.2. The standard InChI is InChI=1S/C15H23N/c1-2-13-9-6-10-15(16,11-13)12-14-7-4-3-5-8-14/h3-5,7-8,13H,2,6,9-12,16H2,1H3. The van der Waals surface area contributed by atoms with Crippen LogP contribution in [0.1, 0.15) is 44.6 Å². The van der Waals surface area contributed by atoms with Gasteiger partial charge in [0.25, 0.3) is 0 Å². The summed E-state index contributed by atoms with van der Waals surface area (Å²) in [7, 11) is 0. The summed E-state index contributed by atoms with van der Waals surface area (Å²) in [5.74, 6) is 0.850. The van der Waals surface area contributed by atoms with Crippen LogP contribution in [0.25, 0.3) is 0 Å². The van der Waals surface area contributed by atoms with Crippen molar-refractivity contribution < 1.29 is 0 Å². The molecule has 0 bridgehead atoms. The number of hydrogen-bond donors (Lipinski definition) is 1. The number of rotatable bonds is 3. The summed E-state index contributed by atoms with van der Waals surface area (Å²) in [5, 5.41) is 0. The zero-order valence-corrected chi connectivity index (χ0v) is 10.3. The first-order chi connectivity index (χ1) is 7.72. The number of benzene rings is 1.